The van der Waals surface area contributed by atoms with Crippen molar-refractivity contribution in [3.05, 3.63) is 24.0 Å². The van der Waals surface area contributed by atoms with Gasteiger partial charge in [-0.1, -0.05) is 13.8 Å². The van der Waals surface area contributed by atoms with E-state index in [1.165, 1.54) is 5.56 Å². The first kappa shape index (κ1) is 8.05. The average molecular weight is 151 g/mol. The summed E-state index contributed by atoms with van der Waals surface area (Å²) in [6, 6.07) is 1.99. The van der Waals surface area contributed by atoms with Gasteiger partial charge in [-0.25, -0.2) is 0 Å². The average Bonchev–Trinajstić information content (AvgIpc) is 2.04. The van der Waals surface area contributed by atoms with Crippen molar-refractivity contribution in [2.24, 2.45) is 0 Å². The fourth-order valence-corrected chi connectivity index (χ4v) is 1.04. The number of ether oxygens (including phenoxy) is 1. The van der Waals surface area contributed by atoms with Crippen LogP contribution < -0.4 is 4.74 Å². The number of rotatable bonds is 2. The van der Waals surface area contributed by atoms with Crippen molar-refractivity contribution < 1.29 is 4.74 Å². The topological polar surface area (TPSA) is 22.1 Å². The molecule has 0 aliphatic heterocycles. The maximum Gasteiger partial charge on any atom is 0.140 e. The van der Waals surface area contributed by atoms with Gasteiger partial charge in [0.05, 0.1) is 13.3 Å². The molecule has 1 aromatic rings. The third-order valence-corrected chi connectivity index (χ3v) is 1.66. The molecule has 0 atom stereocenters. The highest BCUT2D eigenvalue weighted by Gasteiger charge is 2.04. The van der Waals surface area contributed by atoms with Gasteiger partial charge in [0, 0.05) is 6.20 Å². The van der Waals surface area contributed by atoms with Crippen LogP contribution in [0.25, 0.3) is 0 Å². The Bertz CT molecular complexity index is 233. The van der Waals surface area contributed by atoms with Gasteiger partial charge < -0.3 is 4.74 Å². The van der Waals surface area contributed by atoms with E-state index in [1.54, 1.807) is 19.5 Å². The molecule has 0 radical (unpaired) electrons. The summed E-state index contributed by atoms with van der Waals surface area (Å²) in [7, 11) is 1.67. The standard InChI is InChI=1S/C9H13NO/c1-7(2)8-4-5-10-6-9(8)11-3/h4-7H,1-3H3. The number of methoxy groups -OCH3 is 1. The van der Waals surface area contributed by atoms with Crippen LogP contribution in [0.1, 0.15) is 25.3 Å². The minimum Gasteiger partial charge on any atom is -0.495 e. The third kappa shape index (κ3) is 1.70. The third-order valence-electron chi connectivity index (χ3n) is 1.66. The molecule has 0 aliphatic carbocycles. The molecule has 1 rings (SSSR count). The molecule has 0 aromatic carbocycles. The Kier molecular flexibility index (Phi) is 2.47. The van der Waals surface area contributed by atoms with Crippen LogP contribution in [-0.4, -0.2) is 12.1 Å². The molecular formula is C9H13NO. The van der Waals surface area contributed by atoms with Crippen LogP contribution in [0.5, 0.6) is 5.75 Å². The molecule has 0 spiro atoms. The van der Waals surface area contributed by atoms with Crippen molar-refractivity contribution >= 4 is 0 Å². The predicted molar refractivity (Wildman–Crippen MR) is 44.9 cm³/mol. The molecular weight excluding hydrogens is 138 g/mol. The highest BCUT2D eigenvalue weighted by Crippen LogP contribution is 2.23. The summed E-state index contributed by atoms with van der Waals surface area (Å²) < 4.78 is 5.14. The molecule has 0 aliphatic rings. The van der Waals surface area contributed by atoms with E-state index in [0.29, 0.717) is 5.92 Å². The van der Waals surface area contributed by atoms with Gasteiger partial charge in [0.2, 0.25) is 0 Å². The second-order valence-electron chi connectivity index (χ2n) is 2.77. The van der Waals surface area contributed by atoms with Crippen molar-refractivity contribution in [2.75, 3.05) is 7.11 Å². The van der Waals surface area contributed by atoms with E-state index in [2.05, 4.69) is 18.8 Å². The smallest absolute Gasteiger partial charge is 0.140 e. The Balaban J connectivity index is 3.02. The molecule has 0 fully saturated rings. The van der Waals surface area contributed by atoms with E-state index in [1.807, 2.05) is 6.07 Å². The Labute approximate surface area is 67.2 Å². The van der Waals surface area contributed by atoms with Crippen LogP contribution in [0, 0.1) is 0 Å². The lowest BCUT2D eigenvalue weighted by Crippen LogP contribution is -1.94. The Morgan fingerprint density at radius 2 is 2.18 bits per heavy atom. The molecule has 0 N–H and O–H groups in total. The SMILES string of the molecule is COc1cnccc1C(C)C. The van der Waals surface area contributed by atoms with Crippen LogP contribution in [-0.2, 0) is 0 Å². The van der Waals surface area contributed by atoms with Gasteiger partial charge in [0.1, 0.15) is 5.75 Å². The molecule has 2 nitrogen and oxygen atoms in total. The number of nitrogens with zero attached hydrogens (tertiary/aromatic N) is 1. The molecule has 1 heterocycles. The molecule has 0 unspecified atom stereocenters. The number of aromatic nitrogens is 1. The van der Waals surface area contributed by atoms with Gasteiger partial charge in [-0.3, -0.25) is 4.98 Å². The van der Waals surface area contributed by atoms with Crippen molar-refractivity contribution in [3.8, 4) is 5.75 Å². The summed E-state index contributed by atoms with van der Waals surface area (Å²) in [4.78, 5) is 3.97. The lowest BCUT2D eigenvalue weighted by atomic mass is 10.0. The Morgan fingerprint density at radius 3 is 2.64 bits per heavy atom. The first-order valence-corrected chi connectivity index (χ1v) is 3.73. The summed E-state index contributed by atoms with van der Waals surface area (Å²) in [5, 5.41) is 0. The van der Waals surface area contributed by atoms with Crippen molar-refractivity contribution in [2.45, 2.75) is 19.8 Å². The van der Waals surface area contributed by atoms with Gasteiger partial charge in [0.25, 0.3) is 0 Å². The summed E-state index contributed by atoms with van der Waals surface area (Å²) in [5.41, 5.74) is 1.21. The first-order chi connectivity index (χ1) is 5.25. The van der Waals surface area contributed by atoms with E-state index in [0.717, 1.165) is 5.75 Å². The zero-order valence-electron chi connectivity index (χ0n) is 7.16. The van der Waals surface area contributed by atoms with Gasteiger partial charge in [-0.15, -0.1) is 0 Å². The highest BCUT2D eigenvalue weighted by molar-refractivity contribution is 5.32. The summed E-state index contributed by atoms with van der Waals surface area (Å²) in [6.07, 6.45) is 3.53. The van der Waals surface area contributed by atoms with Crippen LogP contribution >= 0.6 is 0 Å². The lowest BCUT2D eigenvalue weighted by molar-refractivity contribution is 0.405. The summed E-state index contributed by atoms with van der Waals surface area (Å²) in [5.74, 6) is 1.37. The van der Waals surface area contributed by atoms with Gasteiger partial charge >= 0.3 is 0 Å². The molecule has 0 bridgehead atoms. The van der Waals surface area contributed by atoms with Crippen molar-refractivity contribution in [1.82, 2.24) is 4.98 Å². The first-order valence-electron chi connectivity index (χ1n) is 3.73. The van der Waals surface area contributed by atoms with Crippen LogP contribution in [0.4, 0.5) is 0 Å². The zero-order chi connectivity index (χ0) is 8.27. The minimum atomic E-state index is 0.493. The highest BCUT2D eigenvalue weighted by atomic mass is 16.5. The van der Waals surface area contributed by atoms with E-state index in [4.69, 9.17) is 4.74 Å². The molecule has 11 heavy (non-hydrogen) atoms. The fourth-order valence-electron chi connectivity index (χ4n) is 1.04. The van der Waals surface area contributed by atoms with Crippen LogP contribution in [0.3, 0.4) is 0 Å². The lowest BCUT2D eigenvalue weighted by Gasteiger charge is -2.09. The molecule has 60 valence electrons. The predicted octanol–water partition coefficient (Wildman–Crippen LogP) is 2.21. The second kappa shape index (κ2) is 3.37. The Hall–Kier alpha value is -1.05. The zero-order valence-corrected chi connectivity index (χ0v) is 7.16. The summed E-state index contributed by atoms with van der Waals surface area (Å²) in [6.45, 7) is 4.27. The van der Waals surface area contributed by atoms with Crippen LogP contribution in [0.15, 0.2) is 18.5 Å². The molecule has 0 amide bonds. The monoisotopic (exact) mass is 151 g/mol. The normalized spacial score (nSPS) is 10.2. The van der Waals surface area contributed by atoms with Crippen LogP contribution in [0.2, 0.25) is 0 Å². The minimum absolute atomic E-state index is 0.493. The van der Waals surface area contributed by atoms with E-state index >= 15 is 0 Å². The van der Waals surface area contributed by atoms with E-state index < -0.39 is 0 Å². The fraction of sp³-hybridized carbons (Fsp3) is 0.444. The van der Waals surface area contributed by atoms with Crippen molar-refractivity contribution in [1.29, 1.82) is 0 Å². The maximum atomic E-state index is 5.14. The van der Waals surface area contributed by atoms with Gasteiger partial charge in [-0.2, -0.15) is 0 Å². The number of hydrogen-bond donors (Lipinski definition) is 0. The Morgan fingerprint density at radius 1 is 1.45 bits per heavy atom. The number of pyridine rings is 1. The molecule has 0 saturated carbocycles. The van der Waals surface area contributed by atoms with E-state index in [-0.39, 0.29) is 0 Å². The van der Waals surface area contributed by atoms with Gasteiger partial charge in [0.15, 0.2) is 0 Å². The quantitative estimate of drug-likeness (QED) is 0.646. The van der Waals surface area contributed by atoms with E-state index in [9.17, 15) is 0 Å². The largest absolute Gasteiger partial charge is 0.495 e. The maximum absolute atomic E-state index is 5.14. The number of hydrogen-bond acceptors (Lipinski definition) is 2. The molecule has 2 heteroatoms. The molecule has 1 aromatic heterocycles. The van der Waals surface area contributed by atoms with Crippen molar-refractivity contribution in [3.63, 3.8) is 0 Å². The molecule has 0 saturated heterocycles. The summed E-state index contributed by atoms with van der Waals surface area (Å²) >= 11 is 0. The van der Waals surface area contributed by atoms with Gasteiger partial charge in [-0.05, 0) is 17.5 Å². The second-order valence-corrected chi connectivity index (χ2v) is 2.77.